The van der Waals surface area contributed by atoms with Crippen LogP contribution in [-0.4, -0.2) is 88.3 Å². The number of amides is 1. The van der Waals surface area contributed by atoms with Gasteiger partial charge in [-0.2, -0.15) is 0 Å². The van der Waals surface area contributed by atoms with Crippen molar-refractivity contribution in [3.05, 3.63) is 11.9 Å². The maximum absolute atomic E-state index is 13.2. The molecule has 0 aromatic carbocycles. The molecule has 3 aliphatic heterocycles. The van der Waals surface area contributed by atoms with Crippen LogP contribution in [0.15, 0.2) is 6.20 Å². The van der Waals surface area contributed by atoms with Gasteiger partial charge in [-0.25, -0.2) is 4.68 Å². The van der Waals surface area contributed by atoms with E-state index in [4.69, 9.17) is 9.47 Å². The third-order valence-electron chi connectivity index (χ3n) is 7.95. The molecular formula is C28H45N5O3. The highest BCUT2D eigenvalue weighted by Gasteiger charge is 2.36. The molecule has 1 amide bonds. The molecule has 3 aliphatic rings. The Kier molecular flexibility index (Phi) is 10.2. The molecule has 1 unspecified atom stereocenters. The zero-order chi connectivity index (χ0) is 25.3. The van der Waals surface area contributed by atoms with E-state index >= 15 is 0 Å². The molecule has 8 nitrogen and oxygen atoms in total. The largest absolute Gasteiger partial charge is 0.377 e. The lowest BCUT2D eigenvalue weighted by molar-refractivity contribution is -0.141. The van der Waals surface area contributed by atoms with E-state index in [0.29, 0.717) is 6.10 Å². The second kappa shape index (κ2) is 13.6. The first-order valence-electron chi connectivity index (χ1n) is 14.2. The summed E-state index contributed by atoms with van der Waals surface area (Å²) in [4.78, 5) is 17.7. The number of unbranched alkanes of at least 4 members (excludes halogenated alkanes) is 3. The summed E-state index contributed by atoms with van der Waals surface area (Å²) in [5.74, 6) is 6.47. The van der Waals surface area contributed by atoms with Crippen molar-refractivity contribution in [3.63, 3.8) is 0 Å². The number of carbonyl (C=O) groups excluding carboxylic acids is 1. The summed E-state index contributed by atoms with van der Waals surface area (Å²) in [6.07, 6.45) is 12.1. The Labute approximate surface area is 217 Å². The molecule has 200 valence electrons. The van der Waals surface area contributed by atoms with Gasteiger partial charge in [-0.05, 0) is 51.4 Å². The number of ether oxygens (including phenoxy) is 2. The van der Waals surface area contributed by atoms with Crippen LogP contribution >= 0.6 is 0 Å². The maximum Gasteiger partial charge on any atom is 0.228 e. The summed E-state index contributed by atoms with van der Waals surface area (Å²) in [5, 5.41) is 8.51. The van der Waals surface area contributed by atoms with Crippen LogP contribution in [0.3, 0.4) is 0 Å². The zero-order valence-corrected chi connectivity index (χ0v) is 22.5. The topological polar surface area (TPSA) is 72.7 Å². The highest BCUT2D eigenvalue weighted by molar-refractivity contribution is 5.79. The molecule has 3 fully saturated rings. The van der Waals surface area contributed by atoms with Crippen LogP contribution in [0.1, 0.15) is 90.3 Å². The lowest BCUT2D eigenvalue weighted by Gasteiger charge is -2.37. The highest BCUT2D eigenvalue weighted by Crippen LogP contribution is 2.31. The molecule has 0 aliphatic carbocycles. The molecule has 5 atom stereocenters. The molecule has 0 radical (unpaired) electrons. The zero-order valence-electron chi connectivity index (χ0n) is 22.5. The predicted molar refractivity (Wildman–Crippen MR) is 139 cm³/mol. The van der Waals surface area contributed by atoms with E-state index in [9.17, 15) is 4.79 Å². The van der Waals surface area contributed by atoms with Crippen LogP contribution in [0.5, 0.6) is 0 Å². The lowest BCUT2D eigenvalue weighted by Crippen LogP contribution is -2.52. The summed E-state index contributed by atoms with van der Waals surface area (Å²) in [6, 6.07) is 0.180. The van der Waals surface area contributed by atoms with Gasteiger partial charge in [-0.3, -0.25) is 9.69 Å². The number of hydrogen-bond donors (Lipinski definition) is 0. The first-order valence-corrected chi connectivity index (χ1v) is 14.2. The molecule has 3 saturated heterocycles. The smallest absolute Gasteiger partial charge is 0.228 e. The van der Waals surface area contributed by atoms with Gasteiger partial charge in [0.1, 0.15) is 0 Å². The minimum absolute atomic E-state index is 0.0000803. The first-order chi connectivity index (χ1) is 17.5. The van der Waals surface area contributed by atoms with Crippen LogP contribution < -0.4 is 0 Å². The van der Waals surface area contributed by atoms with Crippen molar-refractivity contribution in [2.75, 3.05) is 39.3 Å². The molecule has 36 heavy (non-hydrogen) atoms. The number of aromatic nitrogens is 3. The first kappa shape index (κ1) is 27.1. The Morgan fingerprint density at radius 1 is 1.14 bits per heavy atom. The molecule has 8 heteroatoms. The Morgan fingerprint density at radius 2 is 1.97 bits per heavy atom. The van der Waals surface area contributed by atoms with E-state index in [1.807, 2.05) is 22.7 Å². The van der Waals surface area contributed by atoms with Gasteiger partial charge in [-0.15, -0.1) is 5.10 Å². The third-order valence-corrected chi connectivity index (χ3v) is 7.95. The number of piperazine rings is 1. The van der Waals surface area contributed by atoms with Gasteiger partial charge >= 0.3 is 0 Å². The van der Waals surface area contributed by atoms with Crippen molar-refractivity contribution >= 4 is 5.91 Å². The van der Waals surface area contributed by atoms with Gasteiger partial charge in [0.15, 0.2) is 5.69 Å². The minimum Gasteiger partial charge on any atom is -0.377 e. The minimum atomic E-state index is -0.101. The Balaban J connectivity index is 1.18. The lowest BCUT2D eigenvalue weighted by atomic mass is 9.99. The summed E-state index contributed by atoms with van der Waals surface area (Å²) < 4.78 is 14.1. The van der Waals surface area contributed by atoms with Crippen molar-refractivity contribution in [1.29, 1.82) is 0 Å². The molecule has 0 bridgehead atoms. The quantitative estimate of drug-likeness (QED) is 0.361. The van der Waals surface area contributed by atoms with Crippen molar-refractivity contribution in [2.45, 2.75) is 103 Å². The van der Waals surface area contributed by atoms with E-state index in [2.05, 4.69) is 40.9 Å². The van der Waals surface area contributed by atoms with E-state index in [1.54, 1.807) is 0 Å². The monoisotopic (exact) mass is 499 g/mol. The summed E-state index contributed by atoms with van der Waals surface area (Å²) >= 11 is 0. The fraction of sp³-hybridized carbons (Fsp3) is 0.821. The SMILES string of the molecule is CCCCCC#Cc1cn([C@H](C)C[C@@H]2CC[C@H]([C@@H](C)C(=O)N3CCN(CC4CCCO4)CC3)O2)nn1. The Morgan fingerprint density at radius 3 is 2.72 bits per heavy atom. The molecule has 0 N–H and O–H groups in total. The van der Waals surface area contributed by atoms with Gasteiger partial charge in [0.25, 0.3) is 0 Å². The summed E-state index contributed by atoms with van der Waals surface area (Å²) in [7, 11) is 0. The van der Waals surface area contributed by atoms with E-state index in [-0.39, 0.29) is 30.1 Å². The van der Waals surface area contributed by atoms with Gasteiger partial charge in [-0.1, -0.05) is 37.8 Å². The van der Waals surface area contributed by atoms with Crippen molar-refractivity contribution < 1.29 is 14.3 Å². The number of carbonyl (C=O) groups is 1. The van der Waals surface area contributed by atoms with Crippen LogP contribution in [0.4, 0.5) is 0 Å². The average molecular weight is 500 g/mol. The molecular weight excluding hydrogens is 454 g/mol. The number of rotatable bonds is 10. The second-order valence-corrected chi connectivity index (χ2v) is 10.9. The van der Waals surface area contributed by atoms with Crippen molar-refractivity contribution in [3.8, 4) is 11.8 Å². The third kappa shape index (κ3) is 7.53. The molecule has 1 aromatic heterocycles. The molecule has 1 aromatic rings. The fourth-order valence-corrected chi connectivity index (χ4v) is 5.60. The Hall–Kier alpha value is -1.95. The maximum atomic E-state index is 13.2. The van der Waals surface area contributed by atoms with Gasteiger partial charge in [0.05, 0.1) is 36.5 Å². The van der Waals surface area contributed by atoms with E-state index in [0.717, 1.165) is 77.1 Å². The van der Waals surface area contributed by atoms with Crippen LogP contribution in [0.25, 0.3) is 0 Å². The number of nitrogens with zero attached hydrogens (tertiary/aromatic N) is 5. The Bertz CT molecular complexity index is 879. The van der Waals surface area contributed by atoms with Crippen LogP contribution in [0, 0.1) is 17.8 Å². The van der Waals surface area contributed by atoms with Gasteiger partial charge in [0, 0.05) is 45.8 Å². The fourth-order valence-electron chi connectivity index (χ4n) is 5.60. The van der Waals surface area contributed by atoms with Crippen molar-refractivity contribution in [1.82, 2.24) is 24.8 Å². The molecule has 0 spiro atoms. The standard InChI is InChI=1S/C28H45N5O3/c1-4-5-6-7-8-10-24-20-33(30-29-24)22(2)19-25-12-13-27(36-25)23(3)28(34)32-16-14-31(15-17-32)21-26-11-9-18-35-26/h20,22-23,25-27H,4-7,9,11-19,21H2,1-3H3/t22-,23-,25+,26?,27-/m1/s1. The van der Waals surface area contributed by atoms with E-state index < -0.39 is 0 Å². The highest BCUT2D eigenvalue weighted by atomic mass is 16.5. The normalized spacial score (nSPS) is 26.5. The van der Waals surface area contributed by atoms with Gasteiger partial charge < -0.3 is 14.4 Å². The average Bonchev–Trinajstić information content (AvgIpc) is 3.66. The molecule has 4 heterocycles. The second-order valence-electron chi connectivity index (χ2n) is 10.9. The van der Waals surface area contributed by atoms with Crippen LogP contribution in [0.2, 0.25) is 0 Å². The van der Waals surface area contributed by atoms with E-state index in [1.165, 1.54) is 25.7 Å². The molecule has 4 rings (SSSR count). The summed E-state index contributed by atoms with van der Waals surface area (Å²) in [6.45, 7) is 11.8. The molecule has 0 saturated carbocycles. The number of hydrogen-bond acceptors (Lipinski definition) is 6. The van der Waals surface area contributed by atoms with Crippen LogP contribution in [-0.2, 0) is 14.3 Å². The predicted octanol–water partition coefficient (Wildman–Crippen LogP) is 3.67. The van der Waals surface area contributed by atoms with Crippen molar-refractivity contribution in [2.24, 2.45) is 5.92 Å². The summed E-state index contributed by atoms with van der Waals surface area (Å²) in [5.41, 5.74) is 0.735. The van der Waals surface area contributed by atoms with Gasteiger partial charge in [0.2, 0.25) is 5.91 Å².